The van der Waals surface area contributed by atoms with Gasteiger partial charge in [-0.1, -0.05) is 30.3 Å². The molecule has 5 nitrogen and oxygen atoms in total. The zero-order chi connectivity index (χ0) is 18.0. The highest BCUT2D eigenvalue weighted by molar-refractivity contribution is 5.80. The Hall–Kier alpha value is -1.64. The number of quaternary nitrogens is 1. The van der Waals surface area contributed by atoms with Crippen molar-refractivity contribution < 1.29 is 33.2 Å². The zero-order valence-corrected chi connectivity index (χ0v) is 17.8. The Morgan fingerprint density at radius 3 is 2.41 bits per heavy atom. The smallest absolute Gasteiger partial charge is 0.274 e. The Morgan fingerprint density at radius 2 is 1.67 bits per heavy atom. The molecule has 4 rings (SSSR count). The number of fused-ring (bicyclic) bond motifs is 1. The van der Waals surface area contributed by atoms with Crippen molar-refractivity contribution in [2.45, 2.75) is 13.0 Å². The van der Waals surface area contributed by atoms with Gasteiger partial charge in [-0.15, -0.1) is 0 Å². The van der Waals surface area contributed by atoms with E-state index in [0.717, 1.165) is 66.9 Å². The van der Waals surface area contributed by atoms with Crippen LogP contribution in [-0.4, -0.2) is 53.7 Å². The van der Waals surface area contributed by atoms with E-state index in [1.54, 1.807) is 0 Å². The second-order valence-electron chi connectivity index (χ2n) is 7.35. The molecule has 0 N–H and O–H groups in total. The lowest BCUT2D eigenvalue weighted by atomic mass is 10.2. The molecule has 0 atom stereocenters. The quantitative estimate of drug-likeness (QED) is 0.371. The van der Waals surface area contributed by atoms with Crippen LogP contribution < -0.4 is 29.5 Å². The lowest BCUT2D eigenvalue weighted by molar-refractivity contribution is -0.917. The first-order valence-electron chi connectivity index (χ1n) is 9.35. The van der Waals surface area contributed by atoms with Crippen molar-refractivity contribution in [3.8, 4) is 5.69 Å². The number of aromatic nitrogens is 2. The predicted octanol–water partition coefficient (Wildman–Crippen LogP) is -0.337. The Balaban J connectivity index is 0.00000210. The number of likely N-dealkylation sites (N-methyl/N-ethyl adjacent to an activating group) is 1. The third kappa shape index (κ3) is 4.12. The highest BCUT2D eigenvalue weighted by Crippen LogP contribution is 2.18. The zero-order valence-electron chi connectivity index (χ0n) is 15.7. The molecule has 6 heteroatoms. The summed E-state index contributed by atoms with van der Waals surface area (Å²) < 4.78 is 10.5. The number of para-hydroxylation sites is 2. The normalized spacial score (nSPS) is 16.2. The first-order chi connectivity index (χ1) is 12.7. The molecule has 1 aliphatic heterocycles. The van der Waals surface area contributed by atoms with Crippen molar-refractivity contribution in [1.82, 2.24) is 9.36 Å². The summed E-state index contributed by atoms with van der Waals surface area (Å²) >= 11 is 0. The first-order valence-corrected chi connectivity index (χ1v) is 9.35. The molecule has 144 valence electrons. The van der Waals surface area contributed by atoms with Crippen LogP contribution in [0.5, 0.6) is 0 Å². The van der Waals surface area contributed by atoms with Gasteiger partial charge >= 0.3 is 0 Å². The molecule has 0 amide bonds. The fourth-order valence-electron chi connectivity index (χ4n) is 3.86. The molecule has 0 unspecified atom stereocenters. The van der Waals surface area contributed by atoms with Gasteiger partial charge in [-0.2, -0.15) is 0 Å². The maximum atomic E-state index is 13.0. The molecule has 0 spiro atoms. The van der Waals surface area contributed by atoms with Crippen LogP contribution >= 0.6 is 0 Å². The molecule has 1 aromatic heterocycles. The summed E-state index contributed by atoms with van der Waals surface area (Å²) in [5.41, 5.74) is 2.09. The van der Waals surface area contributed by atoms with Crippen LogP contribution in [0.25, 0.3) is 16.6 Å². The molecule has 1 saturated heterocycles. The van der Waals surface area contributed by atoms with E-state index in [1.807, 2.05) is 47.1 Å². The lowest BCUT2D eigenvalue weighted by Crippen LogP contribution is -3.00. The van der Waals surface area contributed by atoms with Gasteiger partial charge in [0.1, 0.15) is 13.1 Å². The highest BCUT2D eigenvalue weighted by Gasteiger charge is 2.25. The van der Waals surface area contributed by atoms with Gasteiger partial charge in [-0.3, -0.25) is 9.48 Å². The molecule has 0 saturated carbocycles. The molecular formula is C21H26IN3O2. The number of morpholine rings is 1. The number of ether oxygens (including phenoxy) is 1. The summed E-state index contributed by atoms with van der Waals surface area (Å²) in [5.74, 6) is 0. The summed E-state index contributed by atoms with van der Waals surface area (Å²) in [7, 11) is 2.29. The Bertz CT molecular complexity index is 943. The van der Waals surface area contributed by atoms with E-state index in [9.17, 15) is 4.79 Å². The standard InChI is InChI=1S/C21H26N3O2.HI/c1-24(14-16-26-17-15-24)13-7-12-22-21(25)19-10-5-6-11-20(19)23(22)18-8-3-2-4-9-18;/h2-6,8-11H,7,12-17H2,1H3;1H/q+1;/p-1. The number of rotatable bonds is 5. The van der Waals surface area contributed by atoms with Crippen molar-refractivity contribution in [1.29, 1.82) is 0 Å². The van der Waals surface area contributed by atoms with E-state index in [0.29, 0.717) is 0 Å². The molecule has 27 heavy (non-hydrogen) atoms. The van der Waals surface area contributed by atoms with Gasteiger partial charge < -0.3 is 33.2 Å². The van der Waals surface area contributed by atoms with Crippen molar-refractivity contribution in [3.63, 3.8) is 0 Å². The second kappa shape index (κ2) is 8.58. The monoisotopic (exact) mass is 479 g/mol. The number of hydrogen-bond donors (Lipinski definition) is 0. The number of halogens is 1. The van der Waals surface area contributed by atoms with E-state index >= 15 is 0 Å². The Labute approximate surface area is 176 Å². The number of nitrogens with zero attached hydrogens (tertiary/aromatic N) is 3. The first kappa shape index (κ1) is 20.1. The minimum Gasteiger partial charge on any atom is -1.00 e. The van der Waals surface area contributed by atoms with E-state index in [2.05, 4.69) is 23.9 Å². The SMILES string of the molecule is C[N+]1(CCCn2c(=O)c3ccccc3n2-c2ccccc2)CCOCC1.[I-]. The van der Waals surface area contributed by atoms with Crippen LogP contribution in [0.15, 0.2) is 59.4 Å². The van der Waals surface area contributed by atoms with Crippen LogP contribution in [0.2, 0.25) is 0 Å². The molecule has 1 aliphatic rings. The summed E-state index contributed by atoms with van der Waals surface area (Å²) in [4.78, 5) is 13.0. The molecule has 2 aromatic carbocycles. The maximum absolute atomic E-state index is 13.0. The Kier molecular flexibility index (Phi) is 6.39. The minimum atomic E-state index is 0. The van der Waals surface area contributed by atoms with Crippen LogP contribution in [0, 0.1) is 0 Å². The van der Waals surface area contributed by atoms with Gasteiger partial charge in [0.15, 0.2) is 0 Å². The van der Waals surface area contributed by atoms with Crippen LogP contribution in [0.1, 0.15) is 6.42 Å². The molecule has 1 fully saturated rings. The second-order valence-corrected chi connectivity index (χ2v) is 7.35. The average molecular weight is 479 g/mol. The highest BCUT2D eigenvalue weighted by atomic mass is 127. The largest absolute Gasteiger partial charge is 1.00 e. The molecule has 3 aromatic rings. The van der Waals surface area contributed by atoms with Crippen LogP contribution in [-0.2, 0) is 11.3 Å². The van der Waals surface area contributed by atoms with E-state index in [-0.39, 0.29) is 29.5 Å². The summed E-state index contributed by atoms with van der Waals surface area (Å²) in [6, 6.07) is 18.0. The molecule has 2 heterocycles. The summed E-state index contributed by atoms with van der Waals surface area (Å²) in [5, 5.41) is 0.781. The summed E-state index contributed by atoms with van der Waals surface area (Å²) in [6.07, 6.45) is 0.972. The van der Waals surface area contributed by atoms with Crippen molar-refractivity contribution in [2.24, 2.45) is 0 Å². The van der Waals surface area contributed by atoms with Crippen molar-refractivity contribution in [2.75, 3.05) is 39.9 Å². The molecule has 0 radical (unpaired) electrons. The van der Waals surface area contributed by atoms with Gasteiger partial charge in [0.2, 0.25) is 0 Å². The van der Waals surface area contributed by atoms with Crippen molar-refractivity contribution >= 4 is 10.9 Å². The number of hydrogen-bond acceptors (Lipinski definition) is 2. The minimum absolute atomic E-state index is 0. The maximum Gasteiger partial charge on any atom is 0.274 e. The van der Waals surface area contributed by atoms with Gasteiger partial charge in [-0.05, 0) is 24.3 Å². The molecular weight excluding hydrogens is 453 g/mol. The van der Waals surface area contributed by atoms with E-state index in [4.69, 9.17) is 4.74 Å². The lowest BCUT2D eigenvalue weighted by Gasteiger charge is -2.37. The third-order valence-corrected chi connectivity index (χ3v) is 5.46. The predicted molar refractivity (Wildman–Crippen MR) is 104 cm³/mol. The topological polar surface area (TPSA) is 36.2 Å². The van der Waals surface area contributed by atoms with Gasteiger partial charge in [0, 0.05) is 13.0 Å². The third-order valence-electron chi connectivity index (χ3n) is 5.46. The van der Waals surface area contributed by atoms with Crippen molar-refractivity contribution in [3.05, 3.63) is 65.0 Å². The van der Waals surface area contributed by atoms with Crippen LogP contribution in [0.3, 0.4) is 0 Å². The fraction of sp³-hybridized carbons (Fsp3) is 0.381. The average Bonchev–Trinajstić information content (AvgIpc) is 2.95. The van der Waals surface area contributed by atoms with E-state index < -0.39 is 0 Å². The van der Waals surface area contributed by atoms with E-state index in [1.165, 1.54) is 0 Å². The van der Waals surface area contributed by atoms with Crippen LogP contribution in [0.4, 0.5) is 0 Å². The molecule has 0 aliphatic carbocycles. The fourth-order valence-corrected chi connectivity index (χ4v) is 3.86. The Morgan fingerprint density at radius 1 is 1.00 bits per heavy atom. The van der Waals surface area contributed by atoms with Gasteiger partial charge in [0.05, 0.1) is 43.4 Å². The molecule has 0 bridgehead atoms. The number of benzene rings is 2. The van der Waals surface area contributed by atoms with Gasteiger partial charge in [0.25, 0.3) is 5.56 Å². The van der Waals surface area contributed by atoms with Gasteiger partial charge in [-0.25, -0.2) is 4.68 Å². The summed E-state index contributed by atoms with van der Waals surface area (Å²) in [6.45, 7) is 5.55.